The van der Waals surface area contributed by atoms with Gasteiger partial charge in [-0.25, -0.2) is 0 Å². The highest BCUT2D eigenvalue weighted by Crippen LogP contribution is 2.71. The molecule has 4 unspecified atom stereocenters. The molecule has 0 saturated heterocycles. The molecule has 0 N–H and O–H groups in total. The Labute approximate surface area is 68.7 Å². The van der Waals surface area contributed by atoms with Crippen LogP contribution in [0.3, 0.4) is 0 Å². The van der Waals surface area contributed by atoms with Gasteiger partial charge in [0.05, 0.1) is 0 Å². The average Bonchev–Trinajstić information content (AvgIpc) is 2.60. The van der Waals surface area contributed by atoms with E-state index in [1.807, 2.05) is 0 Å². The lowest BCUT2D eigenvalue weighted by Gasteiger charge is -2.19. The van der Waals surface area contributed by atoms with Crippen molar-refractivity contribution < 1.29 is 0 Å². The summed E-state index contributed by atoms with van der Waals surface area (Å²) in [7, 11) is 0. The first-order valence-electron chi connectivity index (χ1n) is 4.94. The predicted octanol–water partition coefficient (Wildman–Crippen LogP) is 2.85. The van der Waals surface area contributed by atoms with Crippen molar-refractivity contribution in [2.75, 3.05) is 0 Å². The maximum Gasteiger partial charge on any atom is -0.0143 e. The van der Waals surface area contributed by atoms with Gasteiger partial charge in [-0.15, -0.1) is 0 Å². The van der Waals surface area contributed by atoms with Gasteiger partial charge in [0, 0.05) is 0 Å². The fraction of sp³-hybridized carbons (Fsp3) is 0.818. The van der Waals surface area contributed by atoms with Crippen LogP contribution in [0.15, 0.2) is 12.2 Å². The molecule has 0 aromatic heterocycles. The average molecular weight is 148 g/mol. The van der Waals surface area contributed by atoms with Crippen LogP contribution in [0.4, 0.5) is 0 Å². The van der Waals surface area contributed by atoms with Crippen LogP contribution in [0.5, 0.6) is 0 Å². The topological polar surface area (TPSA) is 0 Å². The summed E-state index contributed by atoms with van der Waals surface area (Å²) in [4.78, 5) is 0. The molecule has 1 spiro atoms. The monoisotopic (exact) mass is 148 g/mol. The maximum atomic E-state index is 2.50. The van der Waals surface area contributed by atoms with Crippen LogP contribution in [-0.4, -0.2) is 0 Å². The van der Waals surface area contributed by atoms with Crippen LogP contribution in [0.2, 0.25) is 0 Å². The zero-order chi connectivity index (χ0) is 7.64. The lowest BCUT2D eigenvalue weighted by molar-refractivity contribution is 0.364. The summed E-state index contributed by atoms with van der Waals surface area (Å²) in [5, 5.41) is 0. The Kier molecular flexibility index (Phi) is 0.898. The van der Waals surface area contributed by atoms with Gasteiger partial charge in [-0.1, -0.05) is 26.0 Å². The Morgan fingerprint density at radius 3 is 1.73 bits per heavy atom. The summed E-state index contributed by atoms with van der Waals surface area (Å²) < 4.78 is 0. The Bertz CT molecular complexity index is 202. The second kappa shape index (κ2) is 1.57. The van der Waals surface area contributed by atoms with Crippen LogP contribution in [0, 0.1) is 29.1 Å². The summed E-state index contributed by atoms with van der Waals surface area (Å²) in [6, 6.07) is 0. The molecule has 3 aliphatic carbocycles. The molecule has 2 bridgehead atoms. The summed E-state index contributed by atoms with van der Waals surface area (Å²) in [6.45, 7) is 4.89. The number of hydrogen-bond acceptors (Lipinski definition) is 0. The second-order valence-corrected chi connectivity index (χ2v) is 4.89. The van der Waals surface area contributed by atoms with Crippen molar-refractivity contribution in [1.82, 2.24) is 0 Å². The highest BCUT2D eigenvalue weighted by atomic mass is 14.7. The van der Waals surface area contributed by atoms with Crippen LogP contribution < -0.4 is 0 Å². The van der Waals surface area contributed by atoms with Gasteiger partial charge in [-0.2, -0.15) is 0 Å². The SMILES string of the molecule is CC1C(C)C2C=CC1C21CC1. The van der Waals surface area contributed by atoms with Crippen molar-refractivity contribution in [3.63, 3.8) is 0 Å². The smallest absolute Gasteiger partial charge is 0.0143 e. The molecule has 0 heterocycles. The van der Waals surface area contributed by atoms with Gasteiger partial charge in [0.1, 0.15) is 0 Å². The molecular weight excluding hydrogens is 132 g/mol. The van der Waals surface area contributed by atoms with Gasteiger partial charge in [0.2, 0.25) is 0 Å². The van der Waals surface area contributed by atoms with Gasteiger partial charge < -0.3 is 0 Å². The van der Waals surface area contributed by atoms with E-state index in [0.29, 0.717) is 0 Å². The third-order valence-electron chi connectivity index (χ3n) is 4.64. The van der Waals surface area contributed by atoms with Crippen LogP contribution in [0.25, 0.3) is 0 Å². The first-order chi connectivity index (χ1) is 5.26. The molecule has 0 amide bonds. The Morgan fingerprint density at radius 2 is 1.45 bits per heavy atom. The van der Waals surface area contributed by atoms with Gasteiger partial charge in [-0.05, 0) is 41.9 Å². The highest BCUT2D eigenvalue weighted by molar-refractivity contribution is 5.27. The number of rotatable bonds is 0. The molecule has 60 valence electrons. The number of allylic oxidation sites excluding steroid dienone is 2. The molecule has 11 heavy (non-hydrogen) atoms. The molecule has 0 aromatic rings. The molecule has 0 aromatic carbocycles. The normalized spacial score (nSPS) is 55.8. The molecule has 2 saturated carbocycles. The van der Waals surface area contributed by atoms with Crippen LogP contribution in [0.1, 0.15) is 26.7 Å². The summed E-state index contributed by atoms with van der Waals surface area (Å²) in [5.41, 5.74) is 0.804. The van der Waals surface area contributed by atoms with E-state index in [-0.39, 0.29) is 0 Å². The second-order valence-electron chi connectivity index (χ2n) is 4.89. The third kappa shape index (κ3) is 0.513. The van der Waals surface area contributed by atoms with Crippen LogP contribution >= 0.6 is 0 Å². The minimum atomic E-state index is 0.804. The van der Waals surface area contributed by atoms with E-state index < -0.39 is 0 Å². The highest BCUT2D eigenvalue weighted by Gasteiger charge is 2.64. The van der Waals surface area contributed by atoms with Gasteiger partial charge in [-0.3, -0.25) is 0 Å². The Balaban J connectivity index is 2.06. The van der Waals surface area contributed by atoms with Gasteiger partial charge >= 0.3 is 0 Å². The zero-order valence-electron chi connectivity index (χ0n) is 7.38. The molecule has 0 nitrogen and oxygen atoms in total. The van der Waals surface area contributed by atoms with Gasteiger partial charge in [0.15, 0.2) is 0 Å². The lowest BCUT2D eigenvalue weighted by atomic mass is 9.86. The van der Waals surface area contributed by atoms with Crippen molar-refractivity contribution >= 4 is 0 Å². The van der Waals surface area contributed by atoms with E-state index in [2.05, 4.69) is 26.0 Å². The quantitative estimate of drug-likeness (QED) is 0.463. The first-order valence-corrected chi connectivity index (χ1v) is 4.94. The van der Waals surface area contributed by atoms with E-state index in [9.17, 15) is 0 Å². The van der Waals surface area contributed by atoms with Gasteiger partial charge in [0.25, 0.3) is 0 Å². The predicted molar refractivity (Wildman–Crippen MR) is 46.1 cm³/mol. The molecule has 0 radical (unpaired) electrons. The van der Waals surface area contributed by atoms with Crippen molar-refractivity contribution in [1.29, 1.82) is 0 Å². The first kappa shape index (κ1) is 6.28. The zero-order valence-corrected chi connectivity index (χ0v) is 7.38. The van der Waals surface area contributed by atoms with Crippen molar-refractivity contribution in [2.45, 2.75) is 26.7 Å². The van der Waals surface area contributed by atoms with Crippen LogP contribution in [-0.2, 0) is 0 Å². The molecule has 3 aliphatic rings. The maximum absolute atomic E-state index is 2.50. The third-order valence-corrected chi connectivity index (χ3v) is 4.64. The Hall–Kier alpha value is -0.260. The van der Waals surface area contributed by atoms with Crippen molar-refractivity contribution in [3.8, 4) is 0 Å². The van der Waals surface area contributed by atoms with E-state index in [1.54, 1.807) is 0 Å². The summed E-state index contributed by atoms with van der Waals surface area (Å²) >= 11 is 0. The van der Waals surface area contributed by atoms with E-state index >= 15 is 0 Å². The molecular formula is C11H16. The Morgan fingerprint density at radius 1 is 1.00 bits per heavy atom. The van der Waals surface area contributed by atoms with E-state index in [4.69, 9.17) is 0 Å². The fourth-order valence-electron chi connectivity index (χ4n) is 3.71. The molecule has 3 rings (SSSR count). The molecule has 2 fully saturated rings. The van der Waals surface area contributed by atoms with Crippen molar-refractivity contribution in [2.24, 2.45) is 29.1 Å². The fourth-order valence-corrected chi connectivity index (χ4v) is 3.71. The molecule has 4 atom stereocenters. The van der Waals surface area contributed by atoms with Crippen molar-refractivity contribution in [3.05, 3.63) is 12.2 Å². The molecule has 0 heteroatoms. The molecule has 0 aliphatic heterocycles. The van der Waals surface area contributed by atoms with E-state index in [1.165, 1.54) is 12.8 Å². The summed E-state index contributed by atoms with van der Waals surface area (Å²) in [6.07, 6.45) is 8.04. The largest absolute Gasteiger partial charge is 0.0843 e. The number of hydrogen-bond donors (Lipinski definition) is 0. The minimum absolute atomic E-state index is 0.804. The van der Waals surface area contributed by atoms with E-state index in [0.717, 1.165) is 29.1 Å². The summed E-state index contributed by atoms with van der Waals surface area (Å²) in [5.74, 6) is 3.85. The lowest BCUT2D eigenvalue weighted by Crippen LogP contribution is -2.12. The standard InChI is InChI=1S/C11H16/c1-7-8(2)10-4-3-9(7)11(10)5-6-11/h3-4,7-10H,5-6H2,1-2H3. The minimum Gasteiger partial charge on any atom is -0.0843 e.